The molecule has 37 heteroatoms. The molecule has 0 saturated carbocycles. The van der Waals surface area contributed by atoms with Crippen LogP contribution in [0.15, 0.2) is 85.2 Å². The molecule has 13 amide bonds. The number of aliphatic hydroxyl groups excluding tert-OH is 1. The van der Waals surface area contributed by atoms with Crippen LogP contribution in [0.3, 0.4) is 0 Å². The molecular weight excluding hydrogens is 1550 g/mol. The van der Waals surface area contributed by atoms with Crippen LogP contribution in [-0.2, 0) is 91.2 Å². The van der Waals surface area contributed by atoms with Gasteiger partial charge in [-0.3, -0.25) is 71.9 Å². The van der Waals surface area contributed by atoms with Crippen LogP contribution in [0.4, 0.5) is 0 Å². The van der Waals surface area contributed by atoms with Crippen LogP contribution in [0.5, 0.6) is 5.75 Å². The Morgan fingerprint density at radius 3 is 1.66 bits per heavy atom. The Bertz CT molecular complexity index is 4370. The number of aromatic amines is 2. The number of unbranched alkanes of at least 4 members (excludes halogenated alkanes) is 2. The highest BCUT2D eigenvalue weighted by molar-refractivity contribution is 7.99. The van der Waals surface area contributed by atoms with Gasteiger partial charge in [-0.25, -0.2) is 0 Å². The summed E-state index contributed by atoms with van der Waals surface area (Å²) in [6.07, 6.45) is 1.65. The molecule has 0 radical (unpaired) electrons. The van der Waals surface area contributed by atoms with Gasteiger partial charge >= 0.3 is 11.9 Å². The normalized spacial score (nSPS) is 17.1. The lowest BCUT2D eigenvalue weighted by molar-refractivity contribution is -0.149. The molecule has 4 heterocycles. The Labute approximate surface area is 688 Å². The first-order valence-electron chi connectivity index (χ1n) is 39.9. The van der Waals surface area contributed by atoms with E-state index < -0.39 is 200 Å². The molecule has 0 aliphatic carbocycles. The van der Waals surface area contributed by atoms with Crippen molar-refractivity contribution >= 4 is 122 Å². The van der Waals surface area contributed by atoms with Crippen molar-refractivity contribution in [1.82, 2.24) is 71.7 Å². The Morgan fingerprint density at radius 1 is 0.568 bits per heavy atom. The lowest BCUT2D eigenvalue weighted by Crippen LogP contribution is -2.61. The van der Waals surface area contributed by atoms with Gasteiger partial charge in [0.2, 0.25) is 76.8 Å². The van der Waals surface area contributed by atoms with E-state index in [0.29, 0.717) is 76.5 Å². The van der Waals surface area contributed by atoms with Crippen LogP contribution in [0.2, 0.25) is 0 Å². The van der Waals surface area contributed by atoms with Crippen molar-refractivity contribution in [3.8, 4) is 5.75 Å². The number of phenols is 1. The van der Waals surface area contributed by atoms with E-state index in [1.807, 2.05) is 13.8 Å². The maximum atomic E-state index is 15.2. The van der Waals surface area contributed by atoms with Crippen molar-refractivity contribution in [3.63, 3.8) is 0 Å². The van der Waals surface area contributed by atoms with E-state index in [9.17, 15) is 68.4 Å². The van der Waals surface area contributed by atoms with Crippen LogP contribution in [0.1, 0.15) is 135 Å². The lowest BCUT2D eigenvalue weighted by atomic mass is 9.99. The first kappa shape index (κ1) is 94.0. The van der Waals surface area contributed by atoms with E-state index in [-0.39, 0.29) is 81.8 Å². The smallest absolute Gasteiger partial charge is 0.305 e. The van der Waals surface area contributed by atoms with E-state index in [2.05, 4.69) is 47.2 Å². The number of carboxylic acid groups (broad SMARTS) is 2. The van der Waals surface area contributed by atoms with Crippen LogP contribution in [0, 0.1) is 5.92 Å². The number of primary amides is 1. The Morgan fingerprint density at radius 2 is 1.08 bits per heavy atom. The molecule has 13 atom stereocenters. The Hall–Kier alpha value is -11.2. The second-order valence-corrected chi connectivity index (χ2v) is 31.7. The van der Waals surface area contributed by atoms with Crippen molar-refractivity contribution < 1.29 is 92.3 Å². The minimum absolute atomic E-state index is 0.00332. The second kappa shape index (κ2) is 45.0. The number of likely N-dealkylation sites (tertiary alicyclic amines) is 2. The van der Waals surface area contributed by atoms with E-state index >= 15 is 24.0 Å². The summed E-state index contributed by atoms with van der Waals surface area (Å²) >= 11 is 1.23. The number of aliphatic hydroxyl groups is 1. The van der Waals surface area contributed by atoms with Crippen LogP contribution in [0.25, 0.3) is 21.8 Å². The average Bonchev–Trinajstić information content (AvgIpc) is 1.60. The zero-order chi connectivity index (χ0) is 86.8. The number of thioether (sulfide) groups is 1. The number of carboxylic acids is 2. The van der Waals surface area contributed by atoms with Crippen LogP contribution >= 0.6 is 11.8 Å². The van der Waals surface area contributed by atoms with E-state index in [0.717, 1.165) is 14.7 Å². The summed E-state index contributed by atoms with van der Waals surface area (Å²) in [5.41, 5.74) is 20.5. The number of hydrogen-bond donors (Lipinski definition) is 16. The number of fused-ring (bicyclic) bond motifs is 2. The van der Waals surface area contributed by atoms with E-state index in [1.54, 1.807) is 86.9 Å². The number of carbonyl (C=O) groups is 15. The molecule has 2 aliphatic heterocycles. The van der Waals surface area contributed by atoms with Gasteiger partial charge in [0.1, 0.15) is 78.3 Å². The maximum absolute atomic E-state index is 15.2. The number of nitrogens with two attached hydrogens (primary N) is 3. The quantitative estimate of drug-likeness (QED) is 0.0230. The Kier molecular flexibility index (Phi) is 35.8. The predicted octanol–water partition coefficient (Wildman–Crippen LogP) is 0.132. The highest BCUT2D eigenvalue weighted by Crippen LogP contribution is 2.27. The number of nitrogens with zero attached hydrogens (tertiary/aromatic N) is 5. The van der Waals surface area contributed by atoms with Crippen molar-refractivity contribution in [3.05, 3.63) is 102 Å². The van der Waals surface area contributed by atoms with Gasteiger partial charge in [-0.2, -0.15) is 11.8 Å². The fourth-order valence-electron chi connectivity index (χ4n) is 14.7. The molecule has 0 unspecified atom stereocenters. The van der Waals surface area contributed by atoms with Crippen LogP contribution < -0.4 is 54.4 Å². The molecule has 2 saturated heterocycles. The van der Waals surface area contributed by atoms with E-state index in [4.69, 9.17) is 17.2 Å². The average molecular weight is 1660 g/mol. The molecular formula is C81H115N17O19S. The number of likely N-dealkylation sites (N-methyl/N-ethyl adjacent to an activating group) is 3. The van der Waals surface area contributed by atoms with Gasteiger partial charge < -0.3 is 109 Å². The first-order chi connectivity index (χ1) is 56.1. The number of phenolic OH excluding ortho intramolecular Hbond substituents is 1. The number of nitrogens with one attached hydrogen (secondary N) is 9. The molecule has 2 aliphatic rings. The number of β-amino-alcohol motifs (C(OH)–C–C–N with tert-alkyl or cyclic N) is 1. The van der Waals surface area contributed by atoms with Gasteiger partial charge in [0.05, 0.1) is 18.3 Å². The summed E-state index contributed by atoms with van der Waals surface area (Å²) < 4.78 is 0. The molecule has 118 heavy (non-hydrogen) atoms. The molecule has 0 bridgehead atoms. The highest BCUT2D eigenvalue weighted by Gasteiger charge is 2.46. The maximum Gasteiger partial charge on any atom is 0.305 e. The number of aromatic nitrogens is 2. The van der Waals surface area contributed by atoms with Crippen molar-refractivity contribution in [2.45, 2.75) is 216 Å². The van der Waals surface area contributed by atoms with Gasteiger partial charge in [0, 0.05) is 119 Å². The zero-order valence-electron chi connectivity index (χ0n) is 68.0. The molecule has 36 nitrogen and oxygen atoms in total. The summed E-state index contributed by atoms with van der Waals surface area (Å²) in [5.74, 6) is -13.9. The second-order valence-electron chi connectivity index (χ2n) is 30.5. The third kappa shape index (κ3) is 25.9. The summed E-state index contributed by atoms with van der Waals surface area (Å²) in [7, 11) is 4.12. The third-order valence-corrected chi connectivity index (χ3v) is 22.3. The third-order valence-electron chi connectivity index (χ3n) is 21.3. The number of aromatic hydroxyl groups is 1. The Balaban J connectivity index is 1.09. The van der Waals surface area contributed by atoms with Crippen molar-refractivity contribution in [2.75, 3.05) is 58.8 Å². The largest absolute Gasteiger partial charge is 0.508 e. The molecule has 0 spiro atoms. The van der Waals surface area contributed by atoms with Crippen molar-refractivity contribution in [1.29, 1.82) is 0 Å². The molecule has 3 aromatic carbocycles. The topological polar surface area (TPSA) is 547 Å². The number of hydrogen-bond acceptors (Lipinski definition) is 20. The standard InChI is InChI=1S/C81H115N17O19S/c1-9-11-22-63(70(84)106)95(7)81(117)65(23-12-10-2)96(8)78(114)60(37-49-42-86-55-21-16-14-19-53(49)55)92-72(108)56(29-30-68(102)103)88-73(109)57(36-48-41-85-54-20-15-13-18-52(48)54)89-76(112)66-38-51(100)43-98(66)80(116)58(34-45(3)4)91-74(110)62(40-83)93-75(111)64-24-17-32-97(64)79(115)61(39-69(104)105)90-71(107)46(5)94(6)77(113)59(87-67(101)44-118-33-31-82)35-47-25-27-50(99)28-26-47/h13-16,18-21,25-28,41-42,45-46,51,56-66,85-86,99-100H,9-12,17,22-24,29-40,43-44,82-83H2,1-8H3,(H2,84,106)(H,87,101)(H,88,109)(H,89,112)(H,90,107)(H,91,110)(H,92,108)(H,93,111)(H,102,103)(H,104,105)/t46-,51+,56-,57-,58-,59-,60-,61-,62-,63-,64-,65-,66-/m0/s1. The van der Waals surface area contributed by atoms with Crippen LogP contribution in [-0.4, -0.2) is 281 Å². The number of H-pyrrole nitrogens is 2. The molecule has 5 aromatic rings. The van der Waals surface area contributed by atoms with Gasteiger partial charge in [-0.1, -0.05) is 102 Å². The summed E-state index contributed by atoms with van der Waals surface area (Å²) in [6, 6.07) is 2.67. The minimum Gasteiger partial charge on any atom is -0.508 e. The molecule has 7 rings (SSSR count). The lowest BCUT2D eigenvalue weighted by Gasteiger charge is -2.35. The minimum atomic E-state index is -1.80. The molecule has 2 aromatic heterocycles. The summed E-state index contributed by atoms with van der Waals surface area (Å²) in [6.45, 7) is 7.75. The number of benzene rings is 3. The number of carbonyl (C=O) groups excluding carboxylic acids is 13. The fraction of sp³-hybridized carbons (Fsp3) is 0.543. The van der Waals surface area contributed by atoms with Crippen molar-refractivity contribution in [2.24, 2.45) is 23.1 Å². The molecule has 2 fully saturated rings. The first-order valence-corrected chi connectivity index (χ1v) is 41.1. The van der Waals surface area contributed by atoms with Gasteiger partial charge in [-0.15, -0.1) is 0 Å². The van der Waals surface area contributed by atoms with Gasteiger partial charge in [0.25, 0.3) is 0 Å². The number of amides is 13. The number of rotatable bonds is 46. The molecule has 19 N–H and O–H groups in total. The van der Waals surface area contributed by atoms with E-state index in [1.165, 1.54) is 61.8 Å². The monoisotopic (exact) mass is 1660 g/mol. The SMILES string of the molecule is CCCC[C@@H](C(=O)N(C)[C@@H](CCCC)C(N)=O)N(C)C(=O)[C@H](Cc1c[nH]c2ccccc12)NC(=O)[C@H](CCC(=O)O)NC(=O)[C@H](Cc1c[nH]c2ccccc12)NC(=O)[C@@H]1C[C@@H](O)CN1C(=O)[C@H](CC(C)C)NC(=O)[C@H](CN)NC(=O)[C@@H]1CCCN1C(=O)[C@H](CC(=O)O)NC(=O)[C@H](C)N(C)C(=O)[C@H](Cc1ccc(O)cc1)NC(=O)CSCCN. The fourth-order valence-corrected chi connectivity index (χ4v) is 15.3. The highest BCUT2D eigenvalue weighted by atomic mass is 32.2. The predicted molar refractivity (Wildman–Crippen MR) is 438 cm³/mol. The van der Waals surface area contributed by atoms with Gasteiger partial charge in [-0.05, 0) is 92.3 Å². The van der Waals surface area contributed by atoms with Gasteiger partial charge in [0.15, 0.2) is 0 Å². The number of para-hydroxylation sites is 2. The summed E-state index contributed by atoms with van der Waals surface area (Å²) in [5, 5.41) is 61.1. The summed E-state index contributed by atoms with van der Waals surface area (Å²) in [4.78, 5) is 224. The zero-order valence-corrected chi connectivity index (χ0v) is 68.8. The number of aliphatic carboxylic acids is 2. The molecule has 644 valence electrons.